The molecule has 0 aromatic heterocycles. The van der Waals surface area contributed by atoms with E-state index in [2.05, 4.69) is 4.18 Å². The van der Waals surface area contributed by atoms with E-state index in [1.54, 1.807) is 6.92 Å². The predicted molar refractivity (Wildman–Crippen MR) is 56.9 cm³/mol. The van der Waals surface area contributed by atoms with Crippen LogP contribution in [0.4, 0.5) is 13.2 Å². The molecule has 0 aliphatic heterocycles. The number of hydrogen-bond acceptors (Lipinski definition) is 4. The first-order chi connectivity index (χ1) is 8.15. The minimum atomic E-state index is -4.70. The van der Waals surface area contributed by atoms with Crippen LogP contribution < -0.4 is 4.74 Å². The zero-order valence-electron chi connectivity index (χ0n) is 9.61. The lowest BCUT2D eigenvalue weighted by Crippen LogP contribution is -2.20. The normalized spacial score (nSPS) is 12.5. The van der Waals surface area contributed by atoms with E-state index >= 15 is 0 Å². The highest BCUT2D eigenvalue weighted by Gasteiger charge is 2.31. The molecule has 0 amide bonds. The first-order valence-electron chi connectivity index (χ1n) is 4.76. The first-order valence-corrected chi connectivity index (χ1v) is 6.17. The number of alkyl halides is 3. The highest BCUT2D eigenvalue weighted by Crippen LogP contribution is 2.24. The van der Waals surface area contributed by atoms with Crippen LogP contribution in [0.15, 0.2) is 23.1 Å². The minimum absolute atomic E-state index is 0.343. The van der Waals surface area contributed by atoms with Crippen LogP contribution >= 0.6 is 0 Å². The lowest BCUT2D eigenvalue weighted by atomic mass is 10.2. The topological polar surface area (TPSA) is 52.6 Å². The zero-order valence-corrected chi connectivity index (χ0v) is 10.4. The average molecular weight is 284 g/mol. The summed E-state index contributed by atoms with van der Waals surface area (Å²) in [6.45, 7) is -0.276. The van der Waals surface area contributed by atoms with Gasteiger partial charge in [0, 0.05) is 0 Å². The molecule has 0 saturated heterocycles. The second-order valence-electron chi connectivity index (χ2n) is 3.46. The van der Waals surface area contributed by atoms with Gasteiger partial charge in [-0.2, -0.15) is 21.6 Å². The van der Waals surface area contributed by atoms with Gasteiger partial charge in [-0.25, -0.2) is 0 Å². The first kappa shape index (κ1) is 14.8. The molecule has 102 valence electrons. The summed E-state index contributed by atoms with van der Waals surface area (Å²) in [5.41, 5.74) is 0.481. The Kier molecular flexibility index (Phi) is 4.23. The van der Waals surface area contributed by atoms with Crippen molar-refractivity contribution in [2.75, 3.05) is 13.7 Å². The smallest absolute Gasteiger partial charge is 0.413 e. The fourth-order valence-corrected chi connectivity index (χ4v) is 2.20. The SMILES string of the molecule is COc1ccc(S(=O)(=O)OCC(F)(F)F)cc1C. The van der Waals surface area contributed by atoms with E-state index in [0.717, 1.165) is 6.07 Å². The zero-order chi connectivity index (χ0) is 14.0. The van der Waals surface area contributed by atoms with Gasteiger partial charge in [-0.15, -0.1) is 0 Å². The summed E-state index contributed by atoms with van der Waals surface area (Å²) in [6.07, 6.45) is -4.70. The monoisotopic (exact) mass is 284 g/mol. The van der Waals surface area contributed by atoms with Gasteiger partial charge in [0.2, 0.25) is 0 Å². The Morgan fingerprint density at radius 2 is 1.89 bits per heavy atom. The van der Waals surface area contributed by atoms with Crippen molar-refractivity contribution in [3.8, 4) is 5.75 Å². The second kappa shape index (κ2) is 5.15. The molecule has 18 heavy (non-hydrogen) atoms. The fourth-order valence-electron chi connectivity index (χ4n) is 1.22. The second-order valence-corrected chi connectivity index (χ2v) is 5.08. The van der Waals surface area contributed by atoms with Crippen molar-refractivity contribution in [1.29, 1.82) is 0 Å². The third kappa shape index (κ3) is 3.88. The third-order valence-electron chi connectivity index (χ3n) is 2.03. The maximum Gasteiger partial charge on any atom is 0.413 e. The largest absolute Gasteiger partial charge is 0.496 e. The quantitative estimate of drug-likeness (QED) is 0.796. The Balaban J connectivity index is 2.96. The highest BCUT2D eigenvalue weighted by atomic mass is 32.2. The lowest BCUT2D eigenvalue weighted by molar-refractivity contribution is -0.152. The number of halogens is 3. The van der Waals surface area contributed by atoms with E-state index < -0.39 is 22.9 Å². The molecular formula is C10H11F3O4S. The molecule has 1 rings (SSSR count). The van der Waals surface area contributed by atoms with E-state index in [1.165, 1.54) is 19.2 Å². The average Bonchev–Trinajstić information content (AvgIpc) is 2.25. The molecule has 0 aliphatic carbocycles. The van der Waals surface area contributed by atoms with Crippen LogP contribution in [0.5, 0.6) is 5.75 Å². The molecule has 0 saturated carbocycles. The van der Waals surface area contributed by atoms with E-state index in [-0.39, 0.29) is 4.90 Å². The predicted octanol–water partition coefficient (Wildman–Crippen LogP) is 2.27. The summed E-state index contributed by atoms with van der Waals surface area (Å²) in [7, 11) is -3.02. The van der Waals surface area contributed by atoms with Crippen LogP contribution in [0.2, 0.25) is 0 Å². The summed E-state index contributed by atoms with van der Waals surface area (Å²) in [5, 5.41) is 0. The molecule has 0 bridgehead atoms. The van der Waals surface area contributed by atoms with Crippen LogP contribution in [-0.2, 0) is 14.3 Å². The van der Waals surface area contributed by atoms with Crippen LogP contribution in [-0.4, -0.2) is 28.3 Å². The Bertz CT molecular complexity index is 522. The number of ether oxygens (including phenoxy) is 1. The molecule has 0 atom stereocenters. The maximum atomic E-state index is 11.9. The van der Waals surface area contributed by atoms with Gasteiger partial charge < -0.3 is 4.74 Å². The lowest BCUT2D eigenvalue weighted by Gasteiger charge is -2.10. The molecule has 4 nitrogen and oxygen atoms in total. The molecule has 0 aliphatic rings. The van der Waals surface area contributed by atoms with Gasteiger partial charge in [-0.3, -0.25) is 4.18 Å². The third-order valence-corrected chi connectivity index (χ3v) is 3.29. The Morgan fingerprint density at radius 3 is 2.33 bits per heavy atom. The van der Waals surface area contributed by atoms with Gasteiger partial charge in [0.05, 0.1) is 12.0 Å². The van der Waals surface area contributed by atoms with E-state index in [9.17, 15) is 21.6 Å². The van der Waals surface area contributed by atoms with E-state index in [4.69, 9.17) is 4.74 Å². The van der Waals surface area contributed by atoms with E-state index in [1.807, 2.05) is 0 Å². The van der Waals surface area contributed by atoms with Gasteiger partial charge in [0.25, 0.3) is 10.1 Å². The van der Waals surface area contributed by atoms with E-state index in [0.29, 0.717) is 11.3 Å². The van der Waals surface area contributed by atoms with Gasteiger partial charge in [0.1, 0.15) is 5.75 Å². The maximum absolute atomic E-state index is 11.9. The highest BCUT2D eigenvalue weighted by molar-refractivity contribution is 7.86. The molecule has 0 fully saturated rings. The van der Waals surface area contributed by atoms with Crippen molar-refractivity contribution in [1.82, 2.24) is 0 Å². The molecule has 0 heterocycles. The van der Waals surface area contributed by atoms with Crippen LogP contribution in [0.3, 0.4) is 0 Å². The standard InChI is InChI=1S/C10H11F3O4S/c1-7-5-8(3-4-9(7)16-2)18(14,15)17-6-10(11,12)13/h3-5H,6H2,1-2H3. The summed E-state index contributed by atoms with van der Waals surface area (Å²) in [4.78, 5) is -0.343. The van der Waals surface area contributed by atoms with Gasteiger partial charge >= 0.3 is 6.18 Å². The number of benzene rings is 1. The van der Waals surface area contributed by atoms with Gasteiger partial charge in [-0.05, 0) is 30.7 Å². The molecule has 0 spiro atoms. The van der Waals surface area contributed by atoms with Crippen LogP contribution in [0, 0.1) is 6.92 Å². The van der Waals surface area contributed by atoms with Crippen molar-refractivity contribution in [2.45, 2.75) is 18.0 Å². The van der Waals surface area contributed by atoms with Gasteiger partial charge in [-0.1, -0.05) is 0 Å². The Morgan fingerprint density at radius 1 is 1.28 bits per heavy atom. The van der Waals surface area contributed by atoms with Crippen molar-refractivity contribution < 1.29 is 30.5 Å². The van der Waals surface area contributed by atoms with Gasteiger partial charge in [0.15, 0.2) is 6.61 Å². The number of aryl methyl sites for hydroxylation is 1. The number of hydrogen-bond donors (Lipinski definition) is 0. The minimum Gasteiger partial charge on any atom is -0.496 e. The molecule has 0 radical (unpaired) electrons. The van der Waals surface area contributed by atoms with Crippen LogP contribution in [0.1, 0.15) is 5.56 Å². The Labute approximate surface area is 102 Å². The summed E-state index contributed by atoms with van der Waals surface area (Å²) in [6, 6.07) is 3.65. The van der Waals surface area contributed by atoms with Crippen molar-refractivity contribution in [2.24, 2.45) is 0 Å². The Hall–Kier alpha value is -1.28. The number of rotatable bonds is 4. The summed E-state index contributed by atoms with van der Waals surface area (Å²) in [5.74, 6) is 0.435. The van der Waals surface area contributed by atoms with Crippen LogP contribution in [0.25, 0.3) is 0 Å². The summed E-state index contributed by atoms with van der Waals surface area (Å²) >= 11 is 0. The van der Waals surface area contributed by atoms with Crippen molar-refractivity contribution in [3.63, 3.8) is 0 Å². The van der Waals surface area contributed by atoms with Crippen molar-refractivity contribution in [3.05, 3.63) is 23.8 Å². The molecule has 1 aromatic carbocycles. The molecule has 0 N–H and O–H groups in total. The molecule has 8 heteroatoms. The fraction of sp³-hybridized carbons (Fsp3) is 0.400. The molecule has 1 aromatic rings. The number of methoxy groups -OCH3 is 1. The molecule has 0 unspecified atom stereocenters. The van der Waals surface area contributed by atoms with Crippen molar-refractivity contribution >= 4 is 10.1 Å². The summed E-state index contributed by atoms with van der Waals surface area (Å²) < 4.78 is 67.4. The molecular weight excluding hydrogens is 273 g/mol.